The first kappa shape index (κ1) is 28.1. The summed E-state index contributed by atoms with van der Waals surface area (Å²) in [6, 6.07) is 24.7. The van der Waals surface area contributed by atoms with Crippen LogP contribution in [0, 0.1) is 6.92 Å². The Morgan fingerprint density at radius 3 is 2.40 bits per heavy atom. The van der Waals surface area contributed by atoms with Crippen LogP contribution in [-0.2, 0) is 9.53 Å². The number of benzene rings is 3. The van der Waals surface area contributed by atoms with E-state index in [1.807, 2.05) is 98.1 Å². The maximum Gasteiger partial charge on any atom is 0.338 e. The Labute approximate surface area is 252 Å². The molecule has 216 valence electrons. The number of para-hydroxylation sites is 1. The van der Waals surface area contributed by atoms with Crippen molar-refractivity contribution >= 4 is 23.4 Å². The fraction of sp³-hybridized carbons (Fsp3) is 0.176. The molecule has 1 atom stereocenters. The van der Waals surface area contributed by atoms with Crippen LogP contribution >= 0.6 is 11.3 Å². The molecule has 6 rings (SSSR count). The largest absolute Gasteiger partial charge is 0.497 e. The lowest BCUT2D eigenvalue weighted by molar-refractivity contribution is -0.139. The van der Waals surface area contributed by atoms with E-state index in [4.69, 9.17) is 19.6 Å². The van der Waals surface area contributed by atoms with Crippen molar-refractivity contribution in [3.8, 4) is 22.7 Å². The van der Waals surface area contributed by atoms with Crippen LogP contribution in [-0.4, -0.2) is 34.0 Å². The van der Waals surface area contributed by atoms with Gasteiger partial charge < -0.3 is 9.47 Å². The predicted octanol–water partition coefficient (Wildman–Crippen LogP) is 4.97. The van der Waals surface area contributed by atoms with Crippen molar-refractivity contribution in [1.82, 2.24) is 14.3 Å². The number of allylic oxidation sites excluding steroid dienone is 1. The number of hydrogen-bond acceptors (Lipinski definition) is 7. The van der Waals surface area contributed by atoms with Crippen molar-refractivity contribution in [2.45, 2.75) is 26.8 Å². The summed E-state index contributed by atoms with van der Waals surface area (Å²) < 4.78 is 14.7. The van der Waals surface area contributed by atoms with Gasteiger partial charge in [-0.1, -0.05) is 59.4 Å². The van der Waals surface area contributed by atoms with Gasteiger partial charge in [0.1, 0.15) is 11.4 Å². The molecule has 1 aliphatic rings. The van der Waals surface area contributed by atoms with Gasteiger partial charge in [0.2, 0.25) is 0 Å². The molecule has 3 heterocycles. The van der Waals surface area contributed by atoms with E-state index in [2.05, 4.69) is 0 Å². The van der Waals surface area contributed by atoms with Crippen LogP contribution < -0.4 is 19.6 Å². The number of carbonyl (C=O) groups excluding carboxylic acids is 1. The summed E-state index contributed by atoms with van der Waals surface area (Å²) in [5.74, 6) is 0.263. The number of carbonyl (C=O) groups is 1. The van der Waals surface area contributed by atoms with Crippen LogP contribution in [0.4, 0.5) is 0 Å². The topological polar surface area (TPSA) is 87.7 Å². The van der Waals surface area contributed by atoms with Crippen LogP contribution in [0.1, 0.15) is 36.6 Å². The number of thiazole rings is 1. The molecule has 0 N–H and O–H groups in total. The number of nitrogens with zero attached hydrogens (tertiary/aromatic N) is 4. The molecular formula is C34H30N4O4S. The Hall–Kier alpha value is -5.02. The highest BCUT2D eigenvalue weighted by Gasteiger charge is 2.33. The lowest BCUT2D eigenvalue weighted by Gasteiger charge is -2.24. The average molecular weight is 591 g/mol. The molecule has 0 unspecified atom stereocenters. The van der Waals surface area contributed by atoms with Gasteiger partial charge in [-0.25, -0.2) is 14.5 Å². The summed E-state index contributed by atoms with van der Waals surface area (Å²) >= 11 is 1.29. The Morgan fingerprint density at radius 1 is 1.00 bits per heavy atom. The number of esters is 1. The number of aryl methyl sites for hydroxylation is 1. The lowest BCUT2D eigenvalue weighted by Crippen LogP contribution is -2.39. The molecule has 1 aliphatic heterocycles. The summed E-state index contributed by atoms with van der Waals surface area (Å²) in [4.78, 5) is 32.6. The lowest BCUT2D eigenvalue weighted by atomic mass is 9.95. The van der Waals surface area contributed by atoms with Gasteiger partial charge in [-0.2, -0.15) is 5.10 Å². The molecule has 5 aromatic rings. The van der Waals surface area contributed by atoms with E-state index in [0.717, 1.165) is 39.4 Å². The average Bonchev–Trinajstić information content (AvgIpc) is 3.58. The van der Waals surface area contributed by atoms with Crippen molar-refractivity contribution < 1.29 is 14.3 Å². The van der Waals surface area contributed by atoms with E-state index < -0.39 is 12.0 Å². The summed E-state index contributed by atoms with van der Waals surface area (Å²) in [5, 5.41) is 4.90. The highest BCUT2D eigenvalue weighted by Crippen LogP contribution is 2.31. The van der Waals surface area contributed by atoms with Crippen molar-refractivity contribution in [3.05, 3.63) is 133 Å². The third-order valence-electron chi connectivity index (χ3n) is 7.32. The second-order valence-electron chi connectivity index (χ2n) is 10.2. The number of aromatic nitrogens is 3. The van der Waals surface area contributed by atoms with Crippen LogP contribution in [0.5, 0.6) is 5.75 Å². The van der Waals surface area contributed by atoms with Gasteiger partial charge in [-0.05, 0) is 68.8 Å². The highest BCUT2D eigenvalue weighted by molar-refractivity contribution is 7.07. The number of hydrogen-bond donors (Lipinski definition) is 0. The smallest absolute Gasteiger partial charge is 0.338 e. The first-order chi connectivity index (χ1) is 20.9. The SMILES string of the molecule is CCOC(=O)C1=C(C)N=c2s/c(=C\c3cn(-c4ccccc4)nc3-c3ccc(OC)cc3)c(=O)n2[C@H]1c1ccc(C)cc1. The van der Waals surface area contributed by atoms with Gasteiger partial charge in [-0.15, -0.1) is 0 Å². The third-order valence-corrected chi connectivity index (χ3v) is 8.31. The zero-order valence-electron chi connectivity index (χ0n) is 24.3. The first-order valence-corrected chi connectivity index (χ1v) is 14.8. The van der Waals surface area contributed by atoms with Gasteiger partial charge in [0.25, 0.3) is 5.56 Å². The molecule has 43 heavy (non-hydrogen) atoms. The standard InChI is InChI=1S/C34H30N4O4S/c1-5-42-33(40)29-22(3)35-34-38(31(29)24-13-11-21(2)12-14-24)32(39)28(43-34)19-25-20-37(26-9-7-6-8-10-26)36-30(25)23-15-17-27(41-4)18-16-23/h6-20,31H,5H2,1-4H3/b28-19-/t31-/m0/s1. The Balaban J connectivity index is 1.55. The van der Waals surface area contributed by atoms with E-state index in [1.54, 1.807) is 30.2 Å². The van der Waals surface area contributed by atoms with E-state index in [1.165, 1.54) is 11.3 Å². The molecule has 0 amide bonds. The molecule has 0 radical (unpaired) electrons. The monoisotopic (exact) mass is 590 g/mol. The van der Waals surface area contributed by atoms with E-state index >= 15 is 0 Å². The number of rotatable bonds is 7. The van der Waals surface area contributed by atoms with E-state index in [0.29, 0.717) is 20.6 Å². The number of ether oxygens (including phenoxy) is 2. The molecule has 0 spiro atoms. The van der Waals surface area contributed by atoms with Gasteiger partial charge in [0, 0.05) is 17.3 Å². The van der Waals surface area contributed by atoms with E-state index in [9.17, 15) is 9.59 Å². The van der Waals surface area contributed by atoms with Crippen molar-refractivity contribution in [2.75, 3.05) is 13.7 Å². The minimum atomic E-state index is -0.661. The molecule has 2 aromatic heterocycles. The predicted molar refractivity (Wildman–Crippen MR) is 167 cm³/mol. The maximum absolute atomic E-state index is 14.2. The molecule has 0 fully saturated rings. The Bertz CT molecular complexity index is 2020. The molecular weight excluding hydrogens is 560 g/mol. The Morgan fingerprint density at radius 2 is 1.72 bits per heavy atom. The summed E-state index contributed by atoms with van der Waals surface area (Å²) in [6.07, 6.45) is 3.77. The van der Waals surface area contributed by atoms with Crippen molar-refractivity contribution in [1.29, 1.82) is 0 Å². The summed E-state index contributed by atoms with van der Waals surface area (Å²) in [6.45, 7) is 5.77. The third kappa shape index (κ3) is 5.35. The maximum atomic E-state index is 14.2. The first-order valence-electron chi connectivity index (χ1n) is 13.9. The van der Waals surface area contributed by atoms with Crippen LogP contribution in [0.3, 0.4) is 0 Å². The minimum Gasteiger partial charge on any atom is -0.497 e. The van der Waals surface area contributed by atoms with Crippen LogP contribution in [0.2, 0.25) is 0 Å². The van der Waals surface area contributed by atoms with Gasteiger partial charge in [0.15, 0.2) is 4.80 Å². The second-order valence-corrected chi connectivity index (χ2v) is 11.2. The highest BCUT2D eigenvalue weighted by atomic mass is 32.1. The number of methoxy groups -OCH3 is 1. The zero-order valence-corrected chi connectivity index (χ0v) is 25.1. The summed E-state index contributed by atoms with van der Waals surface area (Å²) in [5.41, 5.74) is 5.82. The second kappa shape index (κ2) is 11.7. The molecule has 0 bridgehead atoms. The normalized spacial score (nSPS) is 14.8. The van der Waals surface area contributed by atoms with Gasteiger partial charge in [0.05, 0.1) is 41.2 Å². The molecule has 0 saturated heterocycles. The molecule has 0 aliphatic carbocycles. The van der Waals surface area contributed by atoms with Crippen LogP contribution in [0.25, 0.3) is 23.0 Å². The minimum absolute atomic E-state index is 0.222. The van der Waals surface area contributed by atoms with Gasteiger partial charge in [-0.3, -0.25) is 9.36 Å². The summed E-state index contributed by atoms with van der Waals surface area (Å²) in [7, 11) is 1.63. The molecule has 8 nitrogen and oxygen atoms in total. The van der Waals surface area contributed by atoms with Crippen molar-refractivity contribution in [2.24, 2.45) is 4.99 Å². The fourth-order valence-corrected chi connectivity index (χ4v) is 6.21. The molecule has 3 aromatic carbocycles. The van der Waals surface area contributed by atoms with Crippen molar-refractivity contribution in [3.63, 3.8) is 0 Å². The Kier molecular flexibility index (Phi) is 7.65. The molecule has 0 saturated carbocycles. The van der Waals surface area contributed by atoms with E-state index in [-0.39, 0.29) is 12.2 Å². The fourth-order valence-electron chi connectivity index (χ4n) is 5.18. The quantitative estimate of drug-likeness (QED) is 0.250. The van der Waals surface area contributed by atoms with Gasteiger partial charge >= 0.3 is 5.97 Å². The molecule has 9 heteroatoms. The number of fused-ring (bicyclic) bond motifs is 1. The zero-order chi connectivity index (χ0) is 30.1. The van der Waals surface area contributed by atoms with Crippen LogP contribution in [0.15, 0.2) is 106 Å².